The molecule has 0 fully saturated rings. The molecule has 0 heterocycles. The summed E-state index contributed by atoms with van der Waals surface area (Å²) in [6, 6.07) is 0. The first-order valence-electron chi connectivity index (χ1n) is 9.91. The predicted molar refractivity (Wildman–Crippen MR) is 121 cm³/mol. The molecule has 0 aliphatic heterocycles. The first-order valence-corrected chi connectivity index (χ1v) is 11.1. The van der Waals surface area contributed by atoms with E-state index in [1.165, 1.54) is 77.0 Å². The SMILES string of the molecule is CCCCCCCCCCCCCCSCC(=O)OC(CN)CN.Cl.Cl. The predicted octanol–water partition coefficient (Wildman–Crippen LogP) is 5.09. The largest absolute Gasteiger partial charge is 0.459 e. The molecule has 0 rings (SSSR count). The molecule has 0 spiro atoms. The summed E-state index contributed by atoms with van der Waals surface area (Å²) in [5.74, 6) is 1.25. The number of rotatable bonds is 18. The van der Waals surface area contributed by atoms with Gasteiger partial charge >= 0.3 is 5.97 Å². The van der Waals surface area contributed by atoms with E-state index in [1.807, 2.05) is 0 Å². The number of hydrogen-bond acceptors (Lipinski definition) is 5. The highest BCUT2D eigenvalue weighted by Crippen LogP contribution is 2.13. The smallest absolute Gasteiger partial charge is 0.316 e. The lowest BCUT2D eigenvalue weighted by atomic mass is 10.1. The number of thioether (sulfide) groups is 1. The lowest BCUT2D eigenvalue weighted by molar-refractivity contribution is -0.144. The Bertz CT molecular complexity index is 284. The van der Waals surface area contributed by atoms with Crippen molar-refractivity contribution >= 4 is 42.5 Å². The van der Waals surface area contributed by atoms with Crippen molar-refractivity contribution in [2.75, 3.05) is 24.6 Å². The van der Waals surface area contributed by atoms with E-state index in [0.29, 0.717) is 18.8 Å². The minimum atomic E-state index is -0.329. The molecule has 0 saturated heterocycles. The van der Waals surface area contributed by atoms with E-state index in [9.17, 15) is 4.79 Å². The van der Waals surface area contributed by atoms with Gasteiger partial charge in [0.25, 0.3) is 0 Å². The van der Waals surface area contributed by atoms with Crippen LogP contribution in [0.2, 0.25) is 0 Å². The average Bonchev–Trinajstić information content (AvgIpc) is 2.60. The van der Waals surface area contributed by atoms with Crippen molar-refractivity contribution in [1.29, 1.82) is 0 Å². The van der Waals surface area contributed by atoms with Crippen LogP contribution in [0.5, 0.6) is 0 Å². The maximum Gasteiger partial charge on any atom is 0.316 e. The Kier molecular flexibility index (Phi) is 30.2. The van der Waals surface area contributed by atoms with Crippen LogP contribution in [-0.2, 0) is 9.53 Å². The molecule has 0 amide bonds. The maximum absolute atomic E-state index is 11.5. The van der Waals surface area contributed by atoms with Gasteiger partial charge in [0.05, 0.1) is 5.75 Å². The Morgan fingerprint density at radius 1 is 0.808 bits per heavy atom. The van der Waals surface area contributed by atoms with Gasteiger partial charge in [-0.1, -0.05) is 77.6 Å². The van der Waals surface area contributed by atoms with E-state index in [4.69, 9.17) is 16.2 Å². The third kappa shape index (κ3) is 22.4. The molecule has 4 nitrogen and oxygen atoms in total. The summed E-state index contributed by atoms with van der Waals surface area (Å²) in [5, 5.41) is 0. The molecule has 0 unspecified atom stereocenters. The molecule has 7 heteroatoms. The molecule has 0 aromatic rings. The van der Waals surface area contributed by atoms with Gasteiger partial charge in [0, 0.05) is 13.1 Å². The third-order valence-electron chi connectivity index (χ3n) is 4.19. The molecule has 0 radical (unpaired) electrons. The van der Waals surface area contributed by atoms with Crippen molar-refractivity contribution in [3.8, 4) is 0 Å². The van der Waals surface area contributed by atoms with Gasteiger partial charge in [-0.3, -0.25) is 4.79 Å². The van der Waals surface area contributed by atoms with Crippen LogP contribution in [0.3, 0.4) is 0 Å². The van der Waals surface area contributed by atoms with E-state index in [2.05, 4.69) is 6.92 Å². The Labute approximate surface area is 178 Å². The maximum atomic E-state index is 11.5. The topological polar surface area (TPSA) is 78.3 Å². The number of esters is 1. The van der Waals surface area contributed by atoms with Crippen molar-refractivity contribution in [3.63, 3.8) is 0 Å². The van der Waals surface area contributed by atoms with Gasteiger partial charge in [-0.2, -0.15) is 11.8 Å². The lowest BCUT2D eigenvalue weighted by Crippen LogP contribution is -2.34. The summed E-state index contributed by atoms with van der Waals surface area (Å²) in [5.41, 5.74) is 10.9. The summed E-state index contributed by atoms with van der Waals surface area (Å²) >= 11 is 1.65. The van der Waals surface area contributed by atoms with Crippen LogP contribution in [0.4, 0.5) is 0 Å². The number of ether oxygens (including phenoxy) is 1. The van der Waals surface area contributed by atoms with Crippen molar-refractivity contribution in [3.05, 3.63) is 0 Å². The first-order chi connectivity index (χ1) is 11.7. The van der Waals surface area contributed by atoms with Gasteiger partial charge in [0.1, 0.15) is 6.10 Å². The van der Waals surface area contributed by atoms with E-state index < -0.39 is 0 Å². The monoisotopic (exact) mass is 432 g/mol. The third-order valence-corrected chi connectivity index (χ3v) is 5.20. The highest BCUT2D eigenvalue weighted by Gasteiger charge is 2.10. The van der Waals surface area contributed by atoms with Crippen LogP contribution in [0.15, 0.2) is 0 Å². The van der Waals surface area contributed by atoms with Crippen LogP contribution in [0.25, 0.3) is 0 Å². The second-order valence-corrected chi connectivity index (χ2v) is 7.63. The fourth-order valence-electron chi connectivity index (χ4n) is 2.61. The molecule has 26 heavy (non-hydrogen) atoms. The molecule has 0 aromatic heterocycles. The first kappa shape index (κ1) is 31.0. The number of unbranched alkanes of at least 4 members (excludes halogenated alkanes) is 11. The Morgan fingerprint density at radius 2 is 1.23 bits per heavy atom. The zero-order valence-corrected chi connectivity index (χ0v) is 19.0. The van der Waals surface area contributed by atoms with Crippen LogP contribution in [0.1, 0.15) is 84.0 Å². The number of carbonyl (C=O) groups is 1. The van der Waals surface area contributed by atoms with Gasteiger partial charge < -0.3 is 16.2 Å². The summed E-state index contributed by atoms with van der Waals surface area (Å²) in [6.45, 7) is 2.86. The van der Waals surface area contributed by atoms with Gasteiger partial charge in [0.2, 0.25) is 0 Å². The highest BCUT2D eigenvalue weighted by molar-refractivity contribution is 7.99. The average molecular weight is 434 g/mol. The highest BCUT2D eigenvalue weighted by atomic mass is 35.5. The van der Waals surface area contributed by atoms with Gasteiger partial charge in [-0.05, 0) is 12.2 Å². The minimum Gasteiger partial charge on any atom is -0.459 e. The van der Waals surface area contributed by atoms with Gasteiger partial charge in [-0.25, -0.2) is 0 Å². The number of nitrogens with two attached hydrogens (primary N) is 2. The lowest BCUT2D eigenvalue weighted by Gasteiger charge is -2.13. The zero-order valence-electron chi connectivity index (χ0n) is 16.6. The summed E-state index contributed by atoms with van der Waals surface area (Å²) in [4.78, 5) is 11.5. The van der Waals surface area contributed by atoms with Gasteiger partial charge in [-0.15, -0.1) is 24.8 Å². The van der Waals surface area contributed by atoms with E-state index >= 15 is 0 Å². The van der Waals surface area contributed by atoms with E-state index in [1.54, 1.807) is 11.8 Å². The summed E-state index contributed by atoms with van der Waals surface area (Å²) in [7, 11) is 0. The van der Waals surface area contributed by atoms with Gasteiger partial charge in [0.15, 0.2) is 0 Å². The second-order valence-electron chi connectivity index (χ2n) is 6.52. The van der Waals surface area contributed by atoms with Crippen molar-refractivity contribution in [1.82, 2.24) is 0 Å². The molecular formula is C19H42Cl2N2O2S. The van der Waals surface area contributed by atoms with E-state index in [-0.39, 0.29) is 36.9 Å². The molecule has 0 aliphatic rings. The van der Waals surface area contributed by atoms with E-state index in [0.717, 1.165) is 5.75 Å². The van der Waals surface area contributed by atoms with Crippen LogP contribution < -0.4 is 11.5 Å². The normalized spacial score (nSPS) is 10.3. The summed E-state index contributed by atoms with van der Waals surface area (Å²) in [6.07, 6.45) is 16.0. The number of halogens is 2. The minimum absolute atomic E-state index is 0. The summed E-state index contributed by atoms with van der Waals surface area (Å²) < 4.78 is 5.15. The van der Waals surface area contributed by atoms with Crippen LogP contribution in [0, 0.1) is 0 Å². The molecule has 0 aromatic carbocycles. The number of hydrogen-bond donors (Lipinski definition) is 2. The Balaban J connectivity index is -0.00000264. The fraction of sp³-hybridized carbons (Fsp3) is 0.947. The molecular weight excluding hydrogens is 391 g/mol. The standard InChI is InChI=1S/C19H40N2O2S.2ClH/c1-2-3-4-5-6-7-8-9-10-11-12-13-14-24-17-19(22)23-18(15-20)16-21;;/h18H,2-17,20-21H2,1H3;2*1H. The molecule has 0 aliphatic carbocycles. The number of carbonyl (C=O) groups excluding carboxylic acids is 1. The Morgan fingerprint density at radius 3 is 1.65 bits per heavy atom. The molecule has 0 bridgehead atoms. The Hall–Kier alpha value is 0.320. The van der Waals surface area contributed by atoms with Crippen molar-refractivity contribution in [2.45, 2.75) is 90.1 Å². The quantitative estimate of drug-likeness (QED) is 0.232. The molecule has 0 atom stereocenters. The van der Waals surface area contributed by atoms with Crippen LogP contribution >= 0.6 is 36.6 Å². The fourth-order valence-corrected chi connectivity index (χ4v) is 3.40. The zero-order chi connectivity index (χ0) is 17.9. The van der Waals surface area contributed by atoms with Crippen LogP contribution in [-0.4, -0.2) is 36.7 Å². The molecule has 4 N–H and O–H groups in total. The van der Waals surface area contributed by atoms with Crippen molar-refractivity contribution < 1.29 is 9.53 Å². The molecule has 160 valence electrons. The second kappa shape index (κ2) is 25.3. The van der Waals surface area contributed by atoms with Crippen molar-refractivity contribution in [2.24, 2.45) is 11.5 Å². The molecule has 0 saturated carbocycles.